The van der Waals surface area contributed by atoms with Crippen LogP contribution in [0.4, 0.5) is 0 Å². The maximum absolute atomic E-state index is 12.2. The second kappa shape index (κ2) is 4.73. The summed E-state index contributed by atoms with van der Waals surface area (Å²) in [4.78, 5) is 20.0. The number of fused-ring (bicyclic) bond motifs is 2. The number of aromatic amines is 1. The van der Waals surface area contributed by atoms with Crippen molar-refractivity contribution >= 4 is 16.6 Å². The van der Waals surface area contributed by atoms with Gasteiger partial charge in [0, 0.05) is 29.4 Å². The Morgan fingerprint density at radius 2 is 2.05 bits per heavy atom. The van der Waals surface area contributed by atoms with Gasteiger partial charge in [0.25, 0.3) is 5.56 Å². The van der Waals surface area contributed by atoms with Crippen LogP contribution in [0.2, 0.25) is 0 Å². The Morgan fingerprint density at radius 3 is 2.91 bits per heavy atom. The summed E-state index contributed by atoms with van der Waals surface area (Å²) in [7, 11) is 1.63. The van der Waals surface area contributed by atoms with Crippen LogP contribution in [-0.2, 0) is 0 Å². The van der Waals surface area contributed by atoms with Gasteiger partial charge in [-0.3, -0.25) is 9.20 Å². The Morgan fingerprint density at radius 1 is 1.14 bits per heavy atom. The second-order valence-corrected chi connectivity index (χ2v) is 5.05. The normalized spacial score (nSPS) is 11.1. The van der Waals surface area contributed by atoms with E-state index in [0.29, 0.717) is 5.82 Å². The molecule has 1 aromatic carbocycles. The number of aromatic nitrogens is 3. The molecule has 0 saturated carbocycles. The van der Waals surface area contributed by atoms with Gasteiger partial charge in [-0.05, 0) is 30.3 Å². The molecule has 0 amide bonds. The molecule has 5 heteroatoms. The molecule has 5 nitrogen and oxygen atoms in total. The van der Waals surface area contributed by atoms with E-state index >= 15 is 0 Å². The van der Waals surface area contributed by atoms with E-state index in [1.807, 2.05) is 42.5 Å². The van der Waals surface area contributed by atoms with E-state index in [0.717, 1.165) is 27.9 Å². The Hall–Kier alpha value is -3.08. The smallest absolute Gasteiger partial charge is 0.255 e. The largest absolute Gasteiger partial charge is 0.497 e. The molecule has 22 heavy (non-hydrogen) atoms. The minimum absolute atomic E-state index is 0.0777. The number of methoxy groups -OCH3 is 1. The quantitative estimate of drug-likeness (QED) is 0.618. The van der Waals surface area contributed by atoms with Crippen molar-refractivity contribution in [3.05, 3.63) is 65.1 Å². The lowest BCUT2D eigenvalue weighted by molar-refractivity contribution is 0.415. The number of imidazole rings is 1. The van der Waals surface area contributed by atoms with Crippen LogP contribution >= 0.6 is 0 Å². The van der Waals surface area contributed by atoms with Crippen molar-refractivity contribution in [1.82, 2.24) is 14.4 Å². The molecule has 0 aliphatic rings. The lowest BCUT2D eigenvalue weighted by atomic mass is 10.2. The molecular formula is C17H13N3O2. The lowest BCUT2D eigenvalue weighted by Crippen LogP contribution is -2.11. The van der Waals surface area contributed by atoms with Gasteiger partial charge in [0.2, 0.25) is 0 Å². The van der Waals surface area contributed by atoms with Crippen molar-refractivity contribution < 1.29 is 4.74 Å². The van der Waals surface area contributed by atoms with Gasteiger partial charge in [0.05, 0.1) is 18.1 Å². The highest BCUT2D eigenvalue weighted by atomic mass is 16.5. The first-order valence-corrected chi connectivity index (χ1v) is 6.90. The third kappa shape index (κ3) is 1.95. The van der Waals surface area contributed by atoms with Crippen molar-refractivity contribution in [2.75, 3.05) is 7.11 Å². The number of hydrogen-bond donors (Lipinski definition) is 1. The first-order chi connectivity index (χ1) is 10.7. The topological polar surface area (TPSA) is 59.4 Å². The zero-order valence-electron chi connectivity index (χ0n) is 11.9. The average Bonchev–Trinajstić information content (AvgIpc) is 2.98. The van der Waals surface area contributed by atoms with Crippen LogP contribution in [0, 0.1) is 0 Å². The average molecular weight is 291 g/mol. The zero-order chi connectivity index (χ0) is 15.1. The number of ether oxygens (including phenoxy) is 1. The molecule has 0 aliphatic heterocycles. The number of benzene rings is 1. The van der Waals surface area contributed by atoms with Gasteiger partial charge in [-0.2, -0.15) is 0 Å². The lowest BCUT2D eigenvalue weighted by Gasteiger charge is -2.02. The fourth-order valence-electron chi connectivity index (χ4n) is 2.57. The number of H-pyrrole nitrogens is 1. The van der Waals surface area contributed by atoms with Gasteiger partial charge in [0.1, 0.15) is 11.6 Å². The zero-order valence-corrected chi connectivity index (χ0v) is 11.9. The molecule has 4 rings (SSSR count). The fourth-order valence-corrected chi connectivity index (χ4v) is 2.57. The maximum Gasteiger partial charge on any atom is 0.255 e. The second-order valence-electron chi connectivity index (χ2n) is 5.05. The molecule has 1 N–H and O–H groups in total. The van der Waals surface area contributed by atoms with Gasteiger partial charge in [-0.1, -0.05) is 6.07 Å². The van der Waals surface area contributed by atoms with Crippen LogP contribution in [0.15, 0.2) is 59.5 Å². The molecule has 0 spiro atoms. The van der Waals surface area contributed by atoms with Gasteiger partial charge in [0.15, 0.2) is 0 Å². The number of nitrogens with one attached hydrogen (secondary N) is 1. The molecule has 3 heterocycles. The summed E-state index contributed by atoms with van der Waals surface area (Å²) in [6, 6.07) is 14.8. The van der Waals surface area contributed by atoms with Crippen LogP contribution in [0.5, 0.6) is 5.75 Å². The molecule has 108 valence electrons. The van der Waals surface area contributed by atoms with Crippen LogP contribution in [0.3, 0.4) is 0 Å². The Bertz CT molecular complexity index is 1050. The highest BCUT2D eigenvalue weighted by molar-refractivity contribution is 5.81. The summed E-state index contributed by atoms with van der Waals surface area (Å²) in [6.45, 7) is 0. The molecule has 0 atom stereocenters. The summed E-state index contributed by atoms with van der Waals surface area (Å²) >= 11 is 0. The van der Waals surface area contributed by atoms with Gasteiger partial charge >= 0.3 is 0 Å². The third-order valence-corrected chi connectivity index (χ3v) is 3.67. The SMILES string of the molecule is COc1ccc2nc(-c3cc(=O)n4ccccc4c3)[nH]c2c1. The minimum atomic E-state index is -0.0777. The maximum atomic E-state index is 12.2. The monoisotopic (exact) mass is 291 g/mol. The van der Waals surface area contributed by atoms with E-state index in [4.69, 9.17) is 4.74 Å². The van der Waals surface area contributed by atoms with E-state index in [1.165, 1.54) is 0 Å². The van der Waals surface area contributed by atoms with Gasteiger partial charge in [-0.15, -0.1) is 0 Å². The molecule has 0 fully saturated rings. The fraction of sp³-hybridized carbons (Fsp3) is 0.0588. The van der Waals surface area contributed by atoms with Crippen LogP contribution in [-0.4, -0.2) is 21.5 Å². The first kappa shape index (κ1) is 12.6. The van der Waals surface area contributed by atoms with Crippen LogP contribution in [0.1, 0.15) is 0 Å². The number of nitrogens with zero attached hydrogens (tertiary/aromatic N) is 2. The van der Waals surface area contributed by atoms with Crippen molar-refractivity contribution in [3.63, 3.8) is 0 Å². The van der Waals surface area contributed by atoms with E-state index in [9.17, 15) is 4.79 Å². The van der Waals surface area contributed by atoms with E-state index in [2.05, 4.69) is 9.97 Å². The van der Waals surface area contributed by atoms with Crippen LogP contribution in [0.25, 0.3) is 27.9 Å². The third-order valence-electron chi connectivity index (χ3n) is 3.67. The molecule has 0 radical (unpaired) electrons. The van der Waals surface area contributed by atoms with Crippen molar-refractivity contribution in [2.24, 2.45) is 0 Å². The summed E-state index contributed by atoms with van der Waals surface area (Å²) in [6.07, 6.45) is 1.75. The standard InChI is InChI=1S/C17H13N3O2/c1-22-13-5-6-14-15(10-13)19-17(18-14)11-8-12-4-2-3-7-20(12)16(21)9-11/h2-10H,1H3,(H,18,19). The highest BCUT2D eigenvalue weighted by Crippen LogP contribution is 2.23. The van der Waals surface area contributed by atoms with Gasteiger partial charge < -0.3 is 9.72 Å². The molecule has 0 aliphatic carbocycles. The Balaban J connectivity index is 1.93. The Labute approximate surface area is 125 Å². The molecule has 3 aromatic heterocycles. The van der Waals surface area contributed by atoms with Crippen molar-refractivity contribution in [1.29, 1.82) is 0 Å². The molecule has 0 bridgehead atoms. The highest BCUT2D eigenvalue weighted by Gasteiger charge is 2.08. The van der Waals surface area contributed by atoms with E-state index in [-0.39, 0.29) is 5.56 Å². The summed E-state index contributed by atoms with van der Waals surface area (Å²) in [5, 5.41) is 0. The predicted octanol–water partition coefficient (Wildman–Crippen LogP) is 2.85. The molecule has 0 saturated heterocycles. The predicted molar refractivity (Wildman–Crippen MR) is 85.3 cm³/mol. The van der Waals surface area contributed by atoms with E-state index in [1.54, 1.807) is 23.8 Å². The van der Waals surface area contributed by atoms with Gasteiger partial charge in [-0.25, -0.2) is 4.98 Å². The van der Waals surface area contributed by atoms with Crippen LogP contribution < -0.4 is 10.3 Å². The number of hydrogen-bond acceptors (Lipinski definition) is 3. The number of rotatable bonds is 2. The van der Waals surface area contributed by atoms with Crippen molar-refractivity contribution in [3.8, 4) is 17.1 Å². The summed E-state index contributed by atoms with van der Waals surface area (Å²) in [5.41, 5.74) is 3.24. The summed E-state index contributed by atoms with van der Waals surface area (Å²) < 4.78 is 6.82. The van der Waals surface area contributed by atoms with Crippen molar-refractivity contribution in [2.45, 2.75) is 0 Å². The molecule has 4 aromatic rings. The van der Waals surface area contributed by atoms with E-state index < -0.39 is 0 Å². The first-order valence-electron chi connectivity index (χ1n) is 6.90. The Kier molecular flexibility index (Phi) is 2.72. The molecule has 0 unspecified atom stereocenters. The summed E-state index contributed by atoms with van der Waals surface area (Å²) in [5.74, 6) is 1.44. The number of pyridine rings is 2. The molecular weight excluding hydrogens is 278 g/mol. The minimum Gasteiger partial charge on any atom is -0.497 e.